The molecule has 0 aliphatic heterocycles. The molecule has 0 saturated heterocycles. The van der Waals surface area contributed by atoms with E-state index in [-0.39, 0.29) is 6.04 Å². The zero-order valence-electron chi connectivity index (χ0n) is 13.3. The van der Waals surface area contributed by atoms with Crippen molar-refractivity contribution in [3.05, 3.63) is 11.3 Å². The third kappa shape index (κ3) is 3.71. The van der Waals surface area contributed by atoms with Crippen molar-refractivity contribution >= 4 is 0 Å². The van der Waals surface area contributed by atoms with Crippen LogP contribution in [0.25, 0.3) is 0 Å². The Morgan fingerprint density at radius 3 is 2.60 bits per heavy atom. The van der Waals surface area contributed by atoms with Crippen LogP contribution in [-0.2, 0) is 11.8 Å². The number of aromatic nitrogens is 2. The lowest BCUT2D eigenvalue weighted by Crippen LogP contribution is -2.36. The predicted octanol–water partition coefficient (Wildman–Crippen LogP) is 1.10. The molecule has 1 atom stereocenters. The lowest BCUT2D eigenvalue weighted by molar-refractivity contribution is 0.0972. The van der Waals surface area contributed by atoms with Gasteiger partial charge in [0.05, 0.1) is 31.0 Å². The summed E-state index contributed by atoms with van der Waals surface area (Å²) in [6, 6.07) is 0.101. The minimum absolute atomic E-state index is 0.101. The maximum absolute atomic E-state index is 6.01. The number of aryl methyl sites for hydroxylation is 2. The van der Waals surface area contributed by atoms with Crippen LogP contribution in [0.2, 0.25) is 0 Å². The fraction of sp³-hybridized carbons (Fsp3) is 0.786. The first-order chi connectivity index (χ1) is 9.60. The Bertz CT molecular complexity index is 406. The van der Waals surface area contributed by atoms with Crippen LogP contribution in [0.4, 0.5) is 0 Å². The predicted molar refractivity (Wildman–Crippen MR) is 80.0 cm³/mol. The van der Waals surface area contributed by atoms with Gasteiger partial charge in [-0.05, 0) is 20.4 Å². The molecule has 116 valence electrons. The highest BCUT2D eigenvalue weighted by Gasteiger charge is 2.26. The van der Waals surface area contributed by atoms with Gasteiger partial charge in [0, 0.05) is 26.7 Å². The van der Waals surface area contributed by atoms with Crippen molar-refractivity contribution in [3.8, 4) is 5.88 Å². The third-order valence-electron chi connectivity index (χ3n) is 3.54. The molecule has 2 N–H and O–H groups in total. The van der Waals surface area contributed by atoms with E-state index < -0.39 is 0 Å². The second-order valence-electron chi connectivity index (χ2n) is 4.71. The number of ether oxygens (including phenoxy) is 2. The maximum atomic E-state index is 6.01. The van der Waals surface area contributed by atoms with Gasteiger partial charge in [-0.3, -0.25) is 4.90 Å². The number of rotatable bonds is 9. The van der Waals surface area contributed by atoms with E-state index in [0.29, 0.717) is 13.2 Å². The maximum Gasteiger partial charge on any atom is 0.216 e. The fourth-order valence-electron chi connectivity index (χ4n) is 2.59. The average Bonchev–Trinajstić information content (AvgIpc) is 2.72. The smallest absolute Gasteiger partial charge is 0.216 e. The van der Waals surface area contributed by atoms with Crippen LogP contribution in [0.5, 0.6) is 5.88 Å². The Balaban J connectivity index is 2.98. The second-order valence-corrected chi connectivity index (χ2v) is 4.71. The van der Waals surface area contributed by atoms with Gasteiger partial charge in [-0.25, -0.2) is 4.68 Å². The van der Waals surface area contributed by atoms with Gasteiger partial charge in [-0.1, -0.05) is 6.92 Å². The summed E-state index contributed by atoms with van der Waals surface area (Å²) in [5.41, 5.74) is 8.06. The molecular formula is C14H28N4O2. The Hall–Kier alpha value is -1.11. The van der Waals surface area contributed by atoms with E-state index in [1.165, 1.54) is 0 Å². The van der Waals surface area contributed by atoms with Gasteiger partial charge in [0.15, 0.2) is 0 Å². The molecule has 0 bridgehead atoms. The van der Waals surface area contributed by atoms with Crippen LogP contribution in [0.1, 0.15) is 31.1 Å². The van der Waals surface area contributed by atoms with Gasteiger partial charge in [0.25, 0.3) is 0 Å². The first-order valence-electron chi connectivity index (χ1n) is 7.19. The van der Waals surface area contributed by atoms with Gasteiger partial charge >= 0.3 is 0 Å². The van der Waals surface area contributed by atoms with Crippen LogP contribution in [0.3, 0.4) is 0 Å². The summed E-state index contributed by atoms with van der Waals surface area (Å²) < 4.78 is 12.7. The first kappa shape index (κ1) is 16.9. The Labute approximate surface area is 121 Å². The molecular weight excluding hydrogens is 256 g/mol. The molecule has 1 rings (SSSR count). The van der Waals surface area contributed by atoms with E-state index in [0.717, 1.165) is 36.8 Å². The SMILES string of the molecule is CCOCCN(CC)C(CN)c1c(C)nn(C)c1OC. The standard InChI is InChI=1S/C14H28N4O2/c1-6-18(8-9-20-7-2)12(10-15)13-11(3)16-17(4)14(13)19-5/h12H,6-10,15H2,1-5H3. The summed E-state index contributed by atoms with van der Waals surface area (Å²) in [6.45, 7) is 9.87. The summed E-state index contributed by atoms with van der Waals surface area (Å²) in [5.74, 6) is 0.785. The van der Waals surface area contributed by atoms with Gasteiger partial charge < -0.3 is 15.2 Å². The number of hydrogen-bond donors (Lipinski definition) is 1. The molecule has 0 aromatic carbocycles. The zero-order chi connectivity index (χ0) is 15.1. The Morgan fingerprint density at radius 1 is 1.40 bits per heavy atom. The van der Waals surface area contributed by atoms with E-state index >= 15 is 0 Å². The summed E-state index contributed by atoms with van der Waals surface area (Å²) in [5, 5.41) is 4.44. The molecule has 1 heterocycles. The van der Waals surface area contributed by atoms with Crippen molar-refractivity contribution in [2.75, 3.05) is 40.0 Å². The van der Waals surface area contributed by atoms with Crippen LogP contribution < -0.4 is 10.5 Å². The molecule has 6 nitrogen and oxygen atoms in total. The van der Waals surface area contributed by atoms with Gasteiger partial charge in [0.2, 0.25) is 5.88 Å². The molecule has 0 saturated carbocycles. The number of nitrogens with two attached hydrogens (primary N) is 1. The summed E-state index contributed by atoms with van der Waals surface area (Å²) in [4.78, 5) is 2.31. The van der Waals surface area contributed by atoms with Crippen molar-refractivity contribution in [1.29, 1.82) is 0 Å². The Morgan fingerprint density at radius 2 is 2.10 bits per heavy atom. The normalized spacial score (nSPS) is 12.9. The van der Waals surface area contributed by atoms with E-state index in [1.54, 1.807) is 11.8 Å². The molecule has 0 radical (unpaired) electrons. The number of nitrogens with zero attached hydrogens (tertiary/aromatic N) is 3. The molecule has 0 spiro atoms. The molecule has 0 aliphatic carbocycles. The van der Waals surface area contributed by atoms with Crippen molar-refractivity contribution in [2.24, 2.45) is 12.8 Å². The summed E-state index contributed by atoms with van der Waals surface area (Å²) in [7, 11) is 3.56. The van der Waals surface area contributed by atoms with Crippen molar-refractivity contribution in [3.63, 3.8) is 0 Å². The first-order valence-corrected chi connectivity index (χ1v) is 7.19. The highest BCUT2D eigenvalue weighted by molar-refractivity contribution is 5.34. The molecule has 1 aromatic heterocycles. The molecule has 20 heavy (non-hydrogen) atoms. The lowest BCUT2D eigenvalue weighted by Gasteiger charge is -2.30. The van der Waals surface area contributed by atoms with E-state index in [9.17, 15) is 0 Å². The minimum Gasteiger partial charge on any atom is -0.481 e. The zero-order valence-corrected chi connectivity index (χ0v) is 13.3. The molecule has 1 aromatic rings. The van der Waals surface area contributed by atoms with Crippen LogP contribution in [0.15, 0.2) is 0 Å². The summed E-state index contributed by atoms with van der Waals surface area (Å²) >= 11 is 0. The van der Waals surface area contributed by atoms with E-state index in [2.05, 4.69) is 16.9 Å². The molecule has 1 unspecified atom stereocenters. The van der Waals surface area contributed by atoms with Crippen molar-refractivity contribution in [2.45, 2.75) is 26.8 Å². The summed E-state index contributed by atoms with van der Waals surface area (Å²) in [6.07, 6.45) is 0. The lowest BCUT2D eigenvalue weighted by atomic mass is 10.1. The molecule has 6 heteroatoms. The molecule has 0 aliphatic rings. The average molecular weight is 284 g/mol. The third-order valence-corrected chi connectivity index (χ3v) is 3.54. The van der Waals surface area contributed by atoms with Gasteiger partial charge in [0.1, 0.15) is 0 Å². The van der Waals surface area contributed by atoms with E-state index in [4.69, 9.17) is 15.2 Å². The number of methoxy groups -OCH3 is 1. The topological polar surface area (TPSA) is 65.5 Å². The van der Waals surface area contributed by atoms with Gasteiger partial charge in [-0.2, -0.15) is 5.10 Å². The van der Waals surface area contributed by atoms with Gasteiger partial charge in [-0.15, -0.1) is 0 Å². The second kappa shape index (κ2) is 8.24. The molecule has 0 fully saturated rings. The van der Waals surface area contributed by atoms with E-state index in [1.807, 2.05) is 20.9 Å². The monoisotopic (exact) mass is 284 g/mol. The largest absolute Gasteiger partial charge is 0.481 e. The Kier molecular flexibility index (Phi) is 6.98. The minimum atomic E-state index is 0.101. The van der Waals surface area contributed by atoms with Crippen LogP contribution in [0, 0.1) is 6.92 Å². The van der Waals surface area contributed by atoms with Crippen molar-refractivity contribution in [1.82, 2.24) is 14.7 Å². The fourth-order valence-corrected chi connectivity index (χ4v) is 2.59. The van der Waals surface area contributed by atoms with Crippen LogP contribution in [-0.4, -0.2) is 54.6 Å². The quantitative estimate of drug-likeness (QED) is 0.688. The molecule has 0 amide bonds. The highest BCUT2D eigenvalue weighted by Crippen LogP contribution is 2.31. The highest BCUT2D eigenvalue weighted by atomic mass is 16.5. The van der Waals surface area contributed by atoms with Crippen molar-refractivity contribution < 1.29 is 9.47 Å². The van der Waals surface area contributed by atoms with Crippen LogP contribution >= 0.6 is 0 Å². The number of hydrogen-bond acceptors (Lipinski definition) is 5. The number of likely N-dealkylation sites (N-methyl/N-ethyl adjacent to an activating group) is 1.